The summed E-state index contributed by atoms with van der Waals surface area (Å²) in [5.41, 5.74) is 5.28. The quantitative estimate of drug-likeness (QED) is 0.410. The Morgan fingerprint density at radius 2 is 1.92 bits per heavy atom. The van der Waals surface area contributed by atoms with E-state index in [-0.39, 0.29) is 12.3 Å². The molecule has 0 unspecified atom stereocenters. The molecule has 136 valence electrons. The van der Waals surface area contributed by atoms with Gasteiger partial charge in [0.2, 0.25) is 0 Å². The molecule has 2 aromatic rings. The van der Waals surface area contributed by atoms with Crippen LogP contribution in [0.1, 0.15) is 34.7 Å². The molecule has 0 heterocycles. The van der Waals surface area contributed by atoms with Crippen molar-refractivity contribution < 1.29 is 14.5 Å². The summed E-state index contributed by atoms with van der Waals surface area (Å²) in [5.74, 6) is 0. The Labute approximate surface area is 158 Å². The zero-order valence-corrected chi connectivity index (χ0v) is 16.0. The van der Waals surface area contributed by atoms with E-state index in [1.807, 2.05) is 51.1 Å². The lowest BCUT2D eigenvalue weighted by atomic mass is 9.99. The second-order valence-corrected chi connectivity index (χ2v) is 6.20. The zero-order chi connectivity index (χ0) is 19.1. The number of nitrogens with zero attached hydrogens (tertiary/aromatic N) is 2. The lowest BCUT2D eigenvalue weighted by Crippen LogP contribution is -2.09. The number of aryl methyl sites for hydroxylation is 2. The van der Waals surface area contributed by atoms with Crippen LogP contribution >= 0.6 is 11.6 Å². The van der Waals surface area contributed by atoms with E-state index in [0.717, 1.165) is 22.3 Å². The highest BCUT2D eigenvalue weighted by atomic mass is 35.5. The highest BCUT2D eigenvalue weighted by Crippen LogP contribution is 2.19. The summed E-state index contributed by atoms with van der Waals surface area (Å²) in [4.78, 5) is 21.6. The van der Waals surface area contributed by atoms with Crippen LogP contribution in [-0.2, 0) is 21.1 Å². The summed E-state index contributed by atoms with van der Waals surface area (Å²) in [6.07, 6.45) is 0.657. The molecule has 0 atom stereocenters. The molecule has 0 aliphatic carbocycles. The van der Waals surface area contributed by atoms with Crippen LogP contribution in [0.3, 0.4) is 0 Å². The number of aldehydes is 1. The van der Waals surface area contributed by atoms with Crippen LogP contribution < -0.4 is 0 Å². The lowest BCUT2D eigenvalue weighted by Gasteiger charge is -2.11. The average molecular weight is 373 g/mol. The predicted molar refractivity (Wildman–Crippen MR) is 104 cm³/mol. The smallest absolute Gasteiger partial charge is 0.172 e. The van der Waals surface area contributed by atoms with Gasteiger partial charge in [0, 0.05) is 21.7 Å². The van der Waals surface area contributed by atoms with E-state index in [4.69, 9.17) is 21.3 Å². The molecule has 26 heavy (non-hydrogen) atoms. The third-order valence-corrected chi connectivity index (χ3v) is 4.39. The van der Waals surface area contributed by atoms with Gasteiger partial charge in [-0.3, -0.25) is 4.79 Å². The zero-order valence-electron chi connectivity index (χ0n) is 15.2. The van der Waals surface area contributed by atoms with Crippen molar-refractivity contribution in [1.82, 2.24) is 0 Å². The molecule has 0 spiro atoms. The van der Waals surface area contributed by atoms with Gasteiger partial charge < -0.3 is 9.68 Å². The van der Waals surface area contributed by atoms with Crippen molar-refractivity contribution in [3.63, 3.8) is 0 Å². The van der Waals surface area contributed by atoms with Crippen LogP contribution in [-0.4, -0.2) is 24.8 Å². The minimum atomic E-state index is 0.204. The van der Waals surface area contributed by atoms with E-state index < -0.39 is 0 Å². The first-order valence-corrected chi connectivity index (χ1v) is 8.44. The molecular formula is C20H21ClN2O3. The Kier molecular flexibility index (Phi) is 6.92. The van der Waals surface area contributed by atoms with Gasteiger partial charge in [-0.15, -0.1) is 0 Å². The Bertz CT molecular complexity index is 860. The van der Waals surface area contributed by atoms with Gasteiger partial charge in [0.15, 0.2) is 6.29 Å². The Balaban J connectivity index is 2.22. The molecule has 0 aliphatic heterocycles. The van der Waals surface area contributed by atoms with E-state index in [0.29, 0.717) is 22.6 Å². The number of hydrogen-bond acceptors (Lipinski definition) is 5. The van der Waals surface area contributed by atoms with Crippen molar-refractivity contribution >= 4 is 29.3 Å². The number of halogens is 1. The maximum absolute atomic E-state index is 11.3. The molecule has 6 heteroatoms. The number of carbonyl (C=O) groups excluding carboxylic acids is 1. The van der Waals surface area contributed by atoms with Gasteiger partial charge in [-0.1, -0.05) is 52.2 Å². The molecule has 0 radical (unpaired) electrons. The second-order valence-electron chi connectivity index (χ2n) is 5.79. The van der Waals surface area contributed by atoms with Crippen molar-refractivity contribution in [3.05, 3.63) is 69.2 Å². The van der Waals surface area contributed by atoms with Crippen LogP contribution in [0.5, 0.6) is 0 Å². The SMILES string of the molecule is CO/N=C(/C=O)c1cccc(C)c1CO/N=C(\C)c1ccc(C)c(Cl)c1. The van der Waals surface area contributed by atoms with E-state index in [1.165, 1.54) is 7.11 Å². The Morgan fingerprint density at radius 1 is 1.15 bits per heavy atom. The van der Waals surface area contributed by atoms with Crippen LogP contribution in [0.2, 0.25) is 5.02 Å². The van der Waals surface area contributed by atoms with Gasteiger partial charge in [0.1, 0.15) is 19.4 Å². The molecule has 5 nitrogen and oxygen atoms in total. The van der Waals surface area contributed by atoms with Gasteiger partial charge in [0.25, 0.3) is 0 Å². The van der Waals surface area contributed by atoms with Crippen LogP contribution in [0.15, 0.2) is 46.7 Å². The van der Waals surface area contributed by atoms with E-state index in [9.17, 15) is 4.79 Å². The second kappa shape index (κ2) is 9.15. The standard InChI is InChI=1S/C20H21ClN2O3/c1-13-6-5-7-17(20(11-24)23-25-4)18(13)12-26-22-15(3)16-9-8-14(2)19(21)10-16/h5-11H,12H2,1-4H3/b22-15+,23-20-. The van der Waals surface area contributed by atoms with Crippen molar-refractivity contribution in [3.8, 4) is 0 Å². The fourth-order valence-electron chi connectivity index (χ4n) is 2.43. The van der Waals surface area contributed by atoms with E-state index >= 15 is 0 Å². The number of hydrogen-bond donors (Lipinski definition) is 0. The maximum Gasteiger partial charge on any atom is 0.172 e. The van der Waals surface area contributed by atoms with Crippen LogP contribution in [0, 0.1) is 13.8 Å². The molecule has 0 amide bonds. The van der Waals surface area contributed by atoms with Crippen molar-refractivity contribution in [2.24, 2.45) is 10.3 Å². The molecule has 2 rings (SSSR count). The van der Waals surface area contributed by atoms with Gasteiger partial charge in [-0.2, -0.15) is 0 Å². The molecule has 0 fully saturated rings. The minimum Gasteiger partial charge on any atom is -0.399 e. The monoisotopic (exact) mass is 372 g/mol. The summed E-state index contributed by atoms with van der Waals surface area (Å²) in [6, 6.07) is 11.3. The normalized spacial score (nSPS) is 12.0. The average Bonchev–Trinajstić information content (AvgIpc) is 2.63. The van der Waals surface area contributed by atoms with Crippen LogP contribution in [0.4, 0.5) is 0 Å². The molecular weight excluding hydrogens is 352 g/mol. The Morgan fingerprint density at radius 3 is 2.58 bits per heavy atom. The molecule has 0 aliphatic rings. The maximum atomic E-state index is 11.3. The molecule has 0 saturated heterocycles. The summed E-state index contributed by atoms with van der Waals surface area (Å²) < 4.78 is 0. The third-order valence-electron chi connectivity index (χ3n) is 3.99. The van der Waals surface area contributed by atoms with Gasteiger partial charge in [-0.05, 0) is 38.0 Å². The first kappa shape index (κ1) is 19.7. The summed E-state index contributed by atoms with van der Waals surface area (Å²) in [6.45, 7) is 5.94. The van der Waals surface area contributed by atoms with Gasteiger partial charge in [0.05, 0.1) is 5.71 Å². The summed E-state index contributed by atoms with van der Waals surface area (Å²) >= 11 is 6.16. The van der Waals surface area contributed by atoms with Gasteiger partial charge in [-0.25, -0.2) is 0 Å². The highest BCUT2D eigenvalue weighted by molar-refractivity contribution is 6.36. The van der Waals surface area contributed by atoms with Gasteiger partial charge >= 0.3 is 0 Å². The van der Waals surface area contributed by atoms with Crippen molar-refractivity contribution in [2.75, 3.05) is 7.11 Å². The Hall–Kier alpha value is -2.66. The minimum absolute atomic E-state index is 0.204. The topological polar surface area (TPSA) is 60.2 Å². The third kappa shape index (κ3) is 4.70. The van der Waals surface area contributed by atoms with Crippen molar-refractivity contribution in [1.29, 1.82) is 0 Å². The summed E-state index contributed by atoms with van der Waals surface area (Å²) in [5, 5.41) is 8.62. The first-order valence-electron chi connectivity index (χ1n) is 8.06. The molecule has 0 N–H and O–H groups in total. The van der Waals surface area contributed by atoms with Crippen molar-refractivity contribution in [2.45, 2.75) is 27.4 Å². The van der Waals surface area contributed by atoms with E-state index in [2.05, 4.69) is 10.3 Å². The fourth-order valence-corrected chi connectivity index (χ4v) is 2.61. The largest absolute Gasteiger partial charge is 0.399 e. The lowest BCUT2D eigenvalue weighted by molar-refractivity contribution is -0.102. The summed E-state index contributed by atoms with van der Waals surface area (Å²) in [7, 11) is 1.40. The highest BCUT2D eigenvalue weighted by Gasteiger charge is 2.12. The fraction of sp³-hybridized carbons (Fsp3) is 0.250. The van der Waals surface area contributed by atoms with E-state index in [1.54, 1.807) is 6.07 Å². The number of benzene rings is 2. The molecule has 0 aromatic heterocycles. The first-order chi connectivity index (χ1) is 12.5. The number of oxime groups is 2. The molecule has 0 saturated carbocycles. The molecule has 0 bridgehead atoms. The number of rotatable bonds is 7. The number of carbonyl (C=O) groups is 1. The predicted octanol–water partition coefficient (Wildman–Crippen LogP) is 4.45. The van der Waals surface area contributed by atoms with Crippen LogP contribution in [0.25, 0.3) is 0 Å². The molecule has 2 aromatic carbocycles.